The Balaban J connectivity index is 1.84. The maximum Gasteiger partial charge on any atom is 0.235 e. The molecule has 3 rings (SSSR count). The highest BCUT2D eigenvalue weighted by Crippen LogP contribution is 2.49. The summed E-state index contributed by atoms with van der Waals surface area (Å²) in [6.07, 6.45) is 1.47. The van der Waals surface area contributed by atoms with E-state index in [-0.39, 0.29) is 17.5 Å². The molecular weight excluding hydrogens is 257 g/mol. The molecule has 0 atom stereocenters. The molecule has 0 unspecified atom stereocenters. The number of phenols is 1. The Kier molecular flexibility index (Phi) is 2.93. The van der Waals surface area contributed by atoms with Crippen LogP contribution < -0.4 is 5.32 Å². The second kappa shape index (κ2) is 4.63. The molecule has 0 aromatic heterocycles. The van der Waals surface area contributed by atoms with Crippen molar-refractivity contribution in [2.75, 3.05) is 5.32 Å². The van der Waals surface area contributed by atoms with Gasteiger partial charge in [0.1, 0.15) is 11.6 Å². The highest BCUT2D eigenvalue weighted by molar-refractivity contribution is 6.02. The standard InChI is InChI=1S/C16H14FNO2/c17-12-7-5-11(6-8-12)16(9-10-16)15(20)18-13-3-1-2-4-14(13)19/h1-8,19H,9-10H2,(H,18,20). The normalized spacial score (nSPS) is 15.7. The van der Waals surface area contributed by atoms with E-state index in [0.29, 0.717) is 5.69 Å². The summed E-state index contributed by atoms with van der Waals surface area (Å²) in [5, 5.41) is 12.4. The Bertz CT molecular complexity index is 648. The molecule has 2 N–H and O–H groups in total. The summed E-state index contributed by atoms with van der Waals surface area (Å²) in [6, 6.07) is 12.6. The van der Waals surface area contributed by atoms with Crippen molar-refractivity contribution in [3.8, 4) is 5.75 Å². The largest absolute Gasteiger partial charge is 0.506 e. The number of halogens is 1. The molecular formula is C16H14FNO2. The van der Waals surface area contributed by atoms with E-state index in [4.69, 9.17) is 0 Å². The predicted octanol–water partition coefficient (Wildman–Crippen LogP) is 3.20. The first-order chi connectivity index (χ1) is 9.62. The van der Waals surface area contributed by atoms with E-state index in [2.05, 4.69) is 5.32 Å². The SMILES string of the molecule is O=C(Nc1ccccc1O)C1(c2ccc(F)cc2)CC1. The van der Waals surface area contributed by atoms with Gasteiger partial charge in [0.05, 0.1) is 11.1 Å². The third-order valence-corrected chi connectivity index (χ3v) is 3.73. The molecule has 0 radical (unpaired) electrons. The van der Waals surface area contributed by atoms with Gasteiger partial charge in [0, 0.05) is 0 Å². The van der Waals surface area contributed by atoms with Gasteiger partial charge in [0.15, 0.2) is 0 Å². The fourth-order valence-corrected chi connectivity index (χ4v) is 2.36. The number of phenolic OH excluding ortho intramolecular Hbond substituents is 1. The lowest BCUT2D eigenvalue weighted by molar-refractivity contribution is -0.118. The first-order valence-corrected chi connectivity index (χ1v) is 6.47. The van der Waals surface area contributed by atoms with Gasteiger partial charge in [-0.2, -0.15) is 0 Å². The number of carbonyl (C=O) groups is 1. The van der Waals surface area contributed by atoms with Gasteiger partial charge < -0.3 is 10.4 Å². The van der Waals surface area contributed by atoms with Crippen molar-refractivity contribution in [2.45, 2.75) is 18.3 Å². The van der Waals surface area contributed by atoms with Gasteiger partial charge in [-0.05, 0) is 42.7 Å². The number of carbonyl (C=O) groups excluding carboxylic acids is 1. The molecule has 1 amide bonds. The van der Waals surface area contributed by atoms with E-state index in [9.17, 15) is 14.3 Å². The first kappa shape index (κ1) is 12.7. The van der Waals surface area contributed by atoms with Crippen LogP contribution in [0.3, 0.4) is 0 Å². The van der Waals surface area contributed by atoms with Crippen molar-refractivity contribution in [1.29, 1.82) is 0 Å². The number of amides is 1. The lowest BCUT2D eigenvalue weighted by Gasteiger charge is -2.16. The van der Waals surface area contributed by atoms with Gasteiger partial charge in [0.25, 0.3) is 0 Å². The molecule has 20 heavy (non-hydrogen) atoms. The van der Waals surface area contributed by atoms with E-state index in [1.807, 2.05) is 0 Å². The second-order valence-electron chi connectivity index (χ2n) is 5.06. The summed E-state index contributed by atoms with van der Waals surface area (Å²) >= 11 is 0. The second-order valence-corrected chi connectivity index (χ2v) is 5.06. The zero-order chi connectivity index (χ0) is 14.2. The van der Waals surface area contributed by atoms with E-state index >= 15 is 0 Å². The van der Waals surface area contributed by atoms with E-state index in [1.165, 1.54) is 18.2 Å². The van der Waals surface area contributed by atoms with Crippen LogP contribution in [0.25, 0.3) is 0 Å². The van der Waals surface area contributed by atoms with Crippen LogP contribution in [0.5, 0.6) is 5.75 Å². The van der Waals surface area contributed by atoms with E-state index < -0.39 is 5.41 Å². The highest BCUT2D eigenvalue weighted by atomic mass is 19.1. The number of benzene rings is 2. The molecule has 1 aliphatic rings. The quantitative estimate of drug-likeness (QED) is 0.842. The van der Waals surface area contributed by atoms with Gasteiger partial charge >= 0.3 is 0 Å². The summed E-state index contributed by atoms with van der Waals surface area (Å²) in [7, 11) is 0. The monoisotopic (exact) mass is 271 g/mol. The van der Waals surface area contributed by atoms with Crippen LogP contribution in [0.15, 0.2) is 48.5 Å². The van der Waals surface area contributed by atoms with Crippen molar-refractivity contribution in [2.24, 2.45) is 0 Å². The average molecular weight is 271 g/mol. The summed E-state index contributed by atoms with van der Waals surface area (Å²) in [6.45, 7) is 0. The summed E-state index contributed by atoms with van der Waals surface area (Å²) < 4.78 is 13.0. The smallest absolute Gasteiger partial charge is 0.235 e. The average Bonchev–Trinajstić information content (AvgIpc) is 3.24. The van der Waals surface area contributed by atoms with Gasteiger partial charge in [-0.25, -0.2) is 4.39 Å². The lowest BCUT2D eigenvalue weighted by atomic mass is 9.95. The fraction of sp³-hybridized carbons (Fsp3) is 0.188. The van der Waals surface area contributed by atoms with Crippen molar-refractivity contribution >= 4 is 11.6 Å². The lowest BCUT2D eigenvalue weighted by Crippen LogP contribution is -2.27. The Morgan fingerprint density at radius 1 is 1.10 bits per heavy atom. The van der Waals surface area contributed by atoms with Crippen molar-refractivity contribution in [3.05, 3.63) is 59.9 Å². The number of nitrogens with one attached hydrogen (secondary N) is 1. The van der Waals surface area contributed by atoms with Gasteiger partial charge in [0.2, 0.25) is 5.91 Å². The third-order valence-electron chi connectivity index (χ3n) is 3.73. The summed E-state index contributed by atoms with van der Waals surface area (Å²) in [5.41, 5.74) is 0.619. The molecule has 2 aromatic rings. The van der Waals surface area contributed by atoms with Crippen LogP contribution >= 0.6 is 0 Å². The van der Waals surface area contributed by atoms with Crippen LogP contribution in [0.1, 0.15) is 18.4 Å². The number of aromatic hydroxyl groups is 1. The van der Waals surface area contributed by atoms with Crippen LogP contribution in [-0.4, -0.2) is 11.0 Å². The summed E-state index contributed by atoms with van der Waals surface area (Å²) in [5.74, 6) is -0.438. The fourth-order valence-electron chi connectivity index (χ4n) is 2.36. The van der Waals surface area contributed by atoms with Gasteiger partial charge in [-0.3, -0.25) is 4.79 Å². The van der Waals surface area contributed by atoms with Crippen LogP contribution in [0.4, 0.5) is 10.1 Å². The molecule has 2 aromatic carbocycles. The van der Waals surface area contributed by atoms with E-state index in [0.717, 1.165) is 18.4 Å². The minimum Gasteiger partial charge on any atom is -0.506 e. The van der Waals surface area contributed by atoms with Crippen LogP contribution in [-0.2, 0) is 10.2 Å². The molecule has 0 heterocycles. The third kappa shape index (κ3) is 2.13. The zero-order valence-corrected chi connectivity index (χ0v) is 10.8. The molecule has 4 heteroatoms. The molecule has 0 spiro atoms. The molecule has 0 bridgehead atoms. The first-order valence-electron chi connectivity index (χ1n) is 6.47. The zero-order valence-electron chi connectivity index (χ0n) is 10.8. The Labute approximate surface area is 116 Å². The topological polar surface area (TPSA) is 49.3 Å². The molecule has 1 aliphatic carbocycles. The van der Waals surface area contributed by atoms with Crippen molar-refractivity contribution in [1.82, 2.24) is 0 Å². The minimum absolute atomic E-state index is 0.0377. The predicted molar refractivity (Wildman–Crippen MR) is 74.0 cm³/mol. The Hall–Kier alpha value is -2.36. The number of hydrogen-bond donors (Lipinski definition) is 2. The van der Waals surface area contributed by atoms with Gasteiger partial charge in [-0.15, -0.1) is 0 Å². The molecule has 1 saturated carbocycles. The Morgan fingerprint density at radius 2 is 1.75 bits per heavy atom. The maximum absolute atomic E-state index is 13.0. The van der Waals surface area contributed by atoms with E-state index in [1.54, 1.807) is 30.3 Å². The molecule has 0 aliphatic heterocycles. The number of para-hydroxylation sites is 2. The number of rotatable bonds is 3. The van der Waals surface area contributed by atoms with Crippen LogP contribution in [0.2, 0.25) is 0 Å². The molecule has 1 fully saturated rings. The minimum atomic E-state index is -0.587. The number of anilines is 1. The van der Waals surface area contributed by atoms with Gasteiger partial charge in [-0.1, -0.05) is 24.3 Å². The molecule has 102 valence electrons. The summed E-state index contributed by atoms with van der Waals surface area (Å²) in [4.78, 5) is 12.4. The Morgan fingerprint density at radius 3 is 2.35 bits per heavy atom. The van der Waals surface area contributed by atoms with Crippen LogP contribution in [0, 0.1) is 5.82 Å². The molecule has 0 saturated heterocycles. The number of hydrogen-bond acceptors (Lipinski definition) is 2. The molecule has 3 nitrogen and oxygen atoms in total. The highest BCUT2D eigenvalue weighted by Gasteiger charge is 2.51. The van der Waals surface area contributed by atoms with Crippen molar-refractivity contribution < 1.29 is 14.3 Å². The maximum atomic E-state index is 13.0. The van der Waals surface area contributed by atoms with Crippen molar-refractivity contribution in [3.63, 3.8) is 0 Å².